The van der Waals surface area contributed by atoms with E-state index in [4.69, 9.17) is 0 Å². The van der Waals surface area contributed by atoms with Crippen molar-refractivity contribution in [3.05, 3.63) is 71.1 Å². The highest BCUT2D eigenvalue weighted by molar-refractivity contribution is 7.95. The van der Waals surface area contributed by atoms with Crippen molar-refractivity contribution in [3.8, 4) is 11.3 Å². The van der Waals surface area contributed by atoms with Crippen molar-refractivity contribution in [2.45, 2.75) is 25.5 Å². The van der Waals surface area contributed by atoms with E-state index in [1.165, 1.54) is 24.3 Å². The molecule has 0 radical (unpaired) electrons. The molecule has 26 heavy (non-hydrogen) atoms. The third-order valence-corrected chi connectivity index (χ3v) is 5.47. The zero-order valence-corrected chi connectivity index (χ0v) is 15.6. The van der Waals surface area contributed by atoms with E-state index >= 15 is 0 Å². The monoisotopic (exact) mass is 371 g/mol. The summed E-state index contributed by atoms with van der Waals surface area (Å²) >= 11 is -1.19. The van der Waals surface area contributed by atoms with Crippen LogP contribution in [0.1, 0.15) is 26.3 Å². The van der Waals surface area contributed by atoms with Gasteiger partial charge in [-0.25, -0.2) is 13.8 Å². The first kappa shape index (κ1) is 18.5. The van der Waals surface area contributed by atoms with E-state index in [1.54, 1.807) is 29.7 Å². The third kappa shape index (κ3) is 4.11. The fraction of sp³-hybridized carbons (Fsp3) is 0.190. The van der Waals surface area contributed by atoms with Gasteiger partial charge in [-0.1, -0.05) is 12.1 Å². The number of fused-ring (bicyclic) bond motifs is 1. The predicted molar refractivity (Wildman–Crippen MR) is 104 cm³/mol. The molecule has 1 aromatic heterocycles. The Morgan fingerprint density at radius 1 is 1.00 bits per heavy atom. The van der Waals surface area contributed by atoms with Crippen molar-refractivity contribution in [1.82, 2.24) is 4.98 Å². The van der Waals surface area contributed by atoms with E-state index in [0.717, 1.165) is 5.39 Å². The van der Waals surface area contributed by atoms with E-state index in [9.17, 15) is 13.3 Å². The van der Waals surface area contributed by atoms with Gasteiger partial charge in [-0.2, -0.15) is 0 Å². The Morgan fingerprint density at radius 3 is 2.42 bits per heavy atom. The average Bonchev–Trinajstić information content (AvgIpc) is 2.58. The molecule has 1 heterocycles. The number of halogens is 2. The van der Waals surface area contributed by atoms with Crippen molar-refractivity contribution < 1.29 is 13.3 Å². The maximum absolute atomic E-state index is 13.7. The first-order valence-corrected chi connectivity index (χ1v) is 9.40. The summed E-state index contributed by atoms with van der Waals surface area (Å²) in [5.74, 6) is -0.760. The summed E-state index contributed by atoms with van der Waals surface area (Å²) < 4.78 is 39.2. The van der Waals surface area contributed by atoms with Crippen LogP contribution in [0.15, 0.2) is 53.9 Å². The second-order valence-corrected chi connectivity index (χ2v) is 9.08. The van der Waals surface area contributed by atoms with Crippen molar-refractivity contribution in [1.29, 1.82) is 0 Å². The van der Waals surface area contributed by atoms with Gasteiger partial charge in [0.25, 0.3) is 0 Å². The van der Waals surface area contributed by atoms with Gasteiger partial charge in [-0.05, 0) is 68.4 Å². The second kappa shape index (κ2) is 7.17. The number of hydrogen-bond donors (Lipinski definition) is 0. The highest BCUT2D eigenvalue weighted by Gasteiger charge is 2.23. The molecular weight excluding hydrogens is 352 g/mol. The molecule has 5 heteroatoms. The highest BCUT2D eigenvalue weighted by atomic mass is 32.2. The summed E-state index contributed by atoms with van der Waals surface area (Å²) in [6.07, 6.45) is 1.73. The number of aromatic nitrogens is 1. The van der Waals surface area contributed by atoms with Gasteiger partial charge in [0.15, 0.2) is 0 Å². The summed E-state index contributed by atoms with van der Waals surface area (Å²) in [5.41, 5.74) is 2.28. The molecule has 0 saturated carbocycles. The summed E-state index contributed by atoms with van der Waals surface area (Å²) in [6.45, 7) is 5.67. The van der Waals surface area contributed by atoms with Gasteiger partial charge in [0, 0.05) is 22.6 Å². The molecule has 3 rings (SSSR count). The molecule has 2 aromatic carbocycles. The van der Waals surface area contributed by atoms with Gasteiger partial charge in [-0.15, -0.1) is 0 Å². The molecule has 0 unspecified atom stereocenters. The molecule has 0 aliphatic heterocycles. The van der Waals surface area contributed by atoms with Crippen LogP contribution < -0.4 is 0 Å². The van der Waals surface area contributed by atoms with Crippen LogP contribution in [0.5, 0.6) is 0 Å². The molecule has 134 valence electrons. The van der Waals surface area contributed by atoms with E-state index in [-0.39, 0.29) is 16.4 Å². The lowest BCUT2D eigenvalue weighted by Crippen LogP contribution is -2.25. The molecule has 1 atom stereocenters. The minimum Gasteiger partial charge on any atom is -0.611 e. The number of rotatable bonds is 3. The van der Waals surface area contributed by atoms with Gasteiger partial charge >= 0.3 is 0 Å². The summed E-state index contributed by atoms with van der Waals surface area (Å²) in [4.78, 5) is 4.53. The van der Waals surface area contributed by atoms with Crippen LogP contribution in [-0.4, -0.2) is 14.3 Å². The molecule has 0 saturated heterocycles. The molecule has 3 aromatic rings. The Morgan fingerprint density at radius 2 is 1.73 bits per heavy atom. The zero-order valence-electron chi connectivity index (χ0n) is 14.8. The van der Waals surface area contributed by atoms with Crippen LogP contribution in [0.4, 0.5) is 8.78 Å². The van der Waals surface area contributed by atoms with Crippen LogP contribution in [0.25, 0.3) is 28.2 Å². The topological polar surface area (TPSA) is 36.0 Å². The van der Waals surface area contributed by atoms with Crippen molar-refractivity contribution in [2.24, 2.45) is 0 Å². The lowest BCUT2D eigenvalue weighted by atomic mass is 10.0. The molecule has 0 bridgehead atoms. The number of nitrogens with zero attached hydrogens (tertiary/aromatic N) is 1. The fourth-order valence-electron chi connectivity index (χ4n) is 2.49. The van der Waals surface area contributed by atoms with Crippen LogP contribution >= 0.6 is 0 Å². The van der Waals surface area contributed by atoms with Crippen LogP contribution in [0.2, 0.25) is 0 Å². The van der Waals surface area contributed by atoms with Gasteiger partial charge < -0.3 is 4.55 Å². The predicted octanol–water partition coefficient (Wildman–Crippen LogP) is 5.70. The standard InChI is InChI=1S/C21H19F2NOS/c1-21(2,3)26(25)10-9-16-11-14-7-8-18(23)13-19(14)24-20(16)15-5-4-6-17(22)12-15/h4-13H,1-3H3/b10-9+/t26-/m0/s1. The minimum atomic E-state index is -1.19. The van der Waals surface area contributed by atoms with E-state index in [1.807, 2.05) is 26.8 Å². The lowest BCUT2D eigenvalue weighted by molar-refractivity contribution is 0.569. The smallest absolute Gasteiger partial charge is 0.125 e. The SMILES string of the molecule is CC(C)(C)[S@@+]([O-])/C=C/c1cc2ccc(F)cc2nc1-c1cccc(F)c1. The first-order valence-electron chi connectivity index (χ1n) is 8.19. The maximum atomic E-state index is 13.7. The molecule has 0 fully saturated rings. The molecule has 0 aliphatic rings. The summed E-state index contributed by atoms with van der Waals surface area (Å²) in [7, 11) is 0. The summed E-state index contributed by atoms with van der Waals surface area (Å²) in [6, 6.07) is 12.3. The highest BCUT2D eigenvalue weighted by Crippen LogP contribution is 2.29. The van der Waals surface area contributed by atoms with Gasteiger partial charge in [0.1, 0.15) is 21.8 Å². The molecule has 0 N–H and O–H groups in total. The minimum absolute atomic E-state index is 0.378. The Bertz CT molecular complexity index is 979. The molecular formula is C21H19F2NOS. The van der Waals surface area contributed by atoms with Crippen LogP contribution in [0, 0.1) is 11.6 Å². The lowest BCUT2D eigenvalue weighted by Gasteiger charge is -2.20. The number of pyridine rings is 1. The molecule has 0 aliphatic carbocycles. The fourth-order valence-corrected chi connectivity index (χ4v) is 3.17. The first-order chi connectivity index (χ1) is 12.2. The van der Waals surface area contributed by atoms with Gasteiger partial charge in [0.2, 0.25) is 0 Å². The molecule has 0 amide bonds. The maximum Gasteiger partial charge on any atom is 0.125 e. The van der Waals surface area contributed by atoms with Crippen molar-refractivity contribution >= 4 is 28.2 Å². The quantitative estimate of drug-likeness (QED) is 0.554. The van der Waals surface area contributed by atoms with Crippen molar-refractivity contribution in [2.75, 3.05) is 0 Å². The number of benzene rings is 2. The Hall–Kier alpha value is -2.24. The Labute approximate surface area is 154 Å². The molecule has 0 spiro atoms. The normalized spacial score (nSPS) is 13.5. The number of hydrogen-bond acceptors (Lipinski definition) is 2. The Balaban J connectivity index is 2.17. The second-order valence-electron chi connectivity index (χ2n) is 6.99. The third-order valence-electron chi connectivity index (χ3n) is 3.88. The van der Waals surface area contributed by atoms with Crippen molar-refractivity contribution in [3.63, 3.8) is 0 Å². The van der Waals surface area contributed by atoms with E-state index in [0.29, 0.717) is 22.3 Å². The van der Waals surface area contributed by atoms with Gasteiger partial charge in [0.05, 0.1) is 11.2 Å². The van der Waals surface area contributed by atoms with E-state index < -0.39 is 11.2 Å². The zero-order chi connectivity index (χ0) is 18.9. The largest absolute Gasteiger partial charge is 0.611 e. The summed E-state index contributed by atoms with van der Waals surface area (Å²) in [5, 5.41) is 2.38. The average molecular weight is 371 g/mol. The van der Waals surface area contributed by atoms with E-state index in [2.05, 4.69) is 4.98 Å². The molecule has 2 nitrogen and oxygen atoms in total. The Kier molecular flexibility index (Phi) is 5.12. The van der Waals surface area contributed by atoms with Gasteiger partial charge in [-0.3, -0.25) is 0 Å². The van der Waals surface area contributed by atoms with Crippen LogP contribution in [-0.2, 0) is 11.2 Å². The van der Waals surface area contributed by atoms with Crippen LogP contribution in [0.3, 0.4) is 0 Å².